The van der Waals surface area contributed by atoms with E-state index in [4.69, 9.17) is 0 Å². The summed E-state index contributed by atoms with van der Waals surface area (Å²) < 4.78 is 0. The van der Waals surface area contributed by atoms with E-state index in [1.165, 1.54) is 24.1 Å². The smallest absolute Gasteiger partial charge is 0.242 e. The summed E-state index contributed by atoms with van der Waals surface area (Å²) in [5.41, 5.74) is -0.195. The standard InChI is InChI=1S/C22H32N2O2S/c1-14(2)19(20(25)23-6-5-18-4-3-7-27-18)24-21(26)22-11-15-8-16(12-22)10-17(9-15)13-22/h3-4,7,14-17,19H,5-6,8-13H2,1-2H3,(H,23,25)(H,24,26). The van der Waals surface area contributed by atoms with Crippen LogP contribution in [0.15, 0.2) is 17.5 Å². The molecule has 4 aliphatic carbocycles. The first kappa shape index (κ1) is 19.0. The highest BCUT2D eigenvalue weighted by Crippen LogP contribution is 2.60. The van der Waals surface area contributed by atoms with Gasteiger partial charge in [0, 0.05) is 16.8 Å². The van der Waals surface area contributed by atoms with E-state index in [-0.39, 0.29) is 23.1 Å². The minimum atomic E-state index is -0.436. The lowest BCUT2D eigenvalue weighted by Gasteiger charge is -2.55. The zero-order valence-electron chi connectivity index (χ0n) is 16.5. The van der Waals surface area contributed by atoms with E-state index < -0.39 is 6.04 Å². The Morgan fingerprint density at radius 2 is 1.78 bits per heavy atom. The number of thiophene rings is 1. The molecular weight excluding hydrogens is 356 g/mol. The van der Waals surface area contributed by atoms with Crippen LogP contribution in [-0.4, -0.2) is 24.4 Å². The fourth-order valence-corrected chi connectivity index (χ4v) is 6.80. The van der Waals surface area contributed by atoms with Crippen molar-refractivity contribution in [3.63, 3.8) is 0 Å². The number of amides is 2. The Morgan fingerprint density at radius 3 is 2.30 bits per heavy atom. The molecule has 2 N–H and O–H groups in total. The minimum absolute atomic E-state index is 0.0420. The third-order valence-electron chi connectivity index (χ3n) is 7.01. The van der Waals surface area contributed by atoms with Gasteiger partial charge in [-0.3, -0.25) is 9.59 Å². The number of hydrogen-bond acceptors (Lipinski definition) is 3. The molecule has 5 heteroatoms. The Labute approximate surface area is 166 Å². The molecule has 0 aromatic carbocycles. The van der Waals surface area contributed by atoms with Crippen LogP contribution in [0.3, 0.4) is 0 Å². The van der Waals surface area contributed by atoms with Crippen LogP contribution in [0.4, 0.5) is 0 Å². The molecule has 0 aliphatic heterocycles. The molecule has 148 valence electrons. The maximum absolute atomic E-state index is 13.3. The van der Waals surface area contributed by atoms with Crippen molar-refractivity contribution in [3.8, 4) is 0 Å². The molecule has 0 radical (unpaired) electrons. The van der Waals surface area contributed by atoms with Crippen LogP contribution in [0.5, 0.6) is 0 Å². The van der Waals surface area contributed by atoms with E-state index in [1.807, 2.05) is 19.9 Å². The van der Waals surface area contributed by atoms with E-state index in [9.17, 15) is 9.59 Å². The van der Waals surface area contributed by atoms with Gasteiger partial charge < -0.3 is 10.6 Å². The molecule has 1 aromatic rings. The molecule has 5 rings (SSSR count). The number of rotatable bonds is 7. The lowest BCUT2D eigenvalue weighted by Crippen LogP contribution is -2.58. The Kier molecular flexibility index (Phi) is 5.32. The lowest BCUT2D eigenvalue weighted by atomic mass is 9.49. The largest absolute Gasteiger partial charge is 0.354 e. The van der Waals surface area contributed by atoms with Crippen molar-refractivity contribution in [2.24, 2.45) is 29.1 Å². The van der Waals surface area contributed by atoms with Gasteiger partial charge in [0.1, 0.15) is 6.04 Å². The van der Waals surface area contributed by atoms with Gasteiger partial charge in [0.2, 0.25) is 11.8 Å². The highest BCUT2D eigenvalue weighted by Gasteiger charge is 2.55. The number of carbonyl (C=O) groups is 2. The average molecular weight is 389 g/mol. The third-order valence-corrected chi connectivity index (χ3v) is 7.94. The Balaban J connectivity index is 1.36. The van der Waals surface area contributed by atoms with Crippen LogP contribution < -0.4 is 10.6 Å². The van der Waals surface area contributed by atoms with Crippen LogP contribution in [0.1, 0.15) is 57.2 Å². The zero-order chi connectivity index (χ0) is 19.0. The predicted octanol–water partition coefficient (Wildman–Crippen LogP) is 3.76. The van der Waals surface area contributed by atoms with Gasteiger partial charge >= 0.3 is 0 Å². The first-order chi connectivity index (χ1) is 12.9. The topological polar surface area (TPSA) is 58.2 Å². The number of hydrogen-bond donors (Lipinski definition) is 2. The van der Waals surface area contributed by atoms with E-state index in [0.717, 1.165) is 43.4 Å². The lowest BCUT2D eigenvalue weighted by molar-refractivity contribution is -0.149. The average Bonchev–Trinajstić information content (AvgIpc) is 3.11. The molecular formula is C22H32N2O2S. The van der Waals surface area contributed by atoms with Crippen LogP contribution in [0, 0.1) is 29.1 Å². The van der Waals surface area contributed by atoms with Crippen molar-refractivity contribution in [3.05, 3.63) is 22.4 Å². The Morgan fingerprint density at radius 1 is 1.15 bits per heavy atom. The first-order valence-electron chi connectivity index (χ1n) is 10.6. The molecule has 4 saturated carbocycles. The highest BCUT2D eigenvalue weighted by atomic mass is 32.1. The predicted molar refractivity (Wildman–Crippen MR) is 108 cm³/mol. The summed E-state index contributed by atoms with van der Waals surface area (Å²) in [6.45, 7) is 4.66. The van der Waals surface area contributed by atoms with E-state index >= 15 is 0 Å². The monoisotopic (exact) mass is 388 g/mol. The van der Waals surface area contributed by atoms with Gasteiger partial charge in [0.25, 0.3) is 0 Å². The summed E-state index contributed by atoms with van der Waals surface area (Å²) in [5, 5.41) is 8.26. The van der Waals surface area contributed by atoms with Gasteiger partial charge in [-0.2, -0.15) is 0 Å². The molecule has 0 spiro atoms. The summed E-state index contributed by atoms with van der Waals surface area (Å²) >= 11 is 1.71. The minimum Gasteiger partial charge on any atom is -0.354 e. The maximum Gasteiger partial charge on any atom is 0.242 e. The second kappa shape index (κ2) is 7.57. The van der Waals surface area contributed by atoms with Gasteiger partial charge in [0.05, 0.1) is 0 Å². The molecule has 1 aromatic heterocycles. The van der Waals surface area contributed by atoms with E-state index in [2.05, 4.69) is 22.1 Å². The Bertz CT molecular complexity index is 647. The zero-order valence-corrected chi connectivity index (χ0v) is 17.3. The molecule has 1 heterocycles. The van der Waals surface area contributed by atoms with Crippen molar-refractivity contribution < 1.29 is 9.59 Å². The molecule has 1 atom stereocenters. The Hall–Kier alpha value is -1.36. The fourth-order valence-electron chi connectivity index (χ4n) is 6.09. The van der Waals surface area contributed by atoms with E-state index in [0.29, 0.717) is 6.54 Å². The van der Waals surface area contributed by atoms with Crippen molar-refractivity contribution in [2.45, 2.75) is 64.8 Å². The SMILES string of the molecule is CC(C)C(NC(=O)C12CC3CC(CC(C3)C1)C2)C(=O)NCCc1cccs1. The molecule has 27 heavy (non-hydrogen) atoms. The molecule has 1 unspecified atom stereocenters. The number of nitrogens with one attached hydrogen (secondary N) is 2. The van der Waals surface area contributed by atoms with Gasteiger partial charge in [0.15, 0.2) is 0 Å². The van der Waals surface area contributed by atoms with Gasteiger partial charge in [-0.05, 0) is 80.1 Å². The molecule has 4 fully saturated rings. The molecule has 4 nitrogen and oxygen atoms in total. The van der Waals surface area contributed by atoms with E-state index in [1.54, 1.807) is 11.3 Å². The molecule has 4 aliphatic rings. The summed E-state index contributed by atoms with van der Waals surface area (Å²) in [7, 11) is 0. The summed E-state index contributed by atoms with van der Waals surface area (Å²) in [5.74, 6) is 2.40. The van der Waals surface area contributed by atoms with Gasteiger partial charge in [-0.1, -0.05) is 19.9 Å². The fraction of sp³-hybridized carbons (Fsp3) is 0.727. The second-order valence-corrected chi connectivity index (χ2v) is 10.5. The van der Waals surface area contributed by atoms with Crippen molar-refractivity contribution >= 4 is 23.2 Å². The highest BCUT2D eigenvalue weighted by molar-refractivity contribution is 7.09. The van der Waals surface area contributed by atoms with Crippen molar-refractivity contribution in [1.29, 1.82) is 0 Å². The number of carbonyl (C=O) groups excluding carboxylic acids is 2. The van der Waals surface area contributed by atoms with Gasteiger partial charge in [-0.25, -0.2) is 0 Å². The van der Waals surface area contributed by atoms with Crippen LogP contribution in [0.25, 0.3) is 0 Å². The van der Waals surface area contributed by atoms with Gasteiger partial charge in [-0.15, -0.1) is 11.3 Å². The molecule has 0 saturated heterocycles. The normalized spacial score (nSPS) is 32.5. The maximum atomic E-state index is 13.3. The quantitative estimate of drug-likeness (QED) is 0.747. The summed E-state index contributed by atoms with van der Waals surface area (Å²) in [4.78, 5) is 27.3. The summed E-state index contributed by atoms with van der Waals surface area (Å²) in [6, 6.07) is 3.68. The first-order valence-corrected chi connectivity index (χ1v) is 11.4. The van der Waals surface area contributed by atoms with Crippen LogP contribution in [0.2, 0.25) is 0 Å². The third kappa shape index (κ3) is 3.94. The second-order valence-electron chi connectivity index (χ2n) is 9.51. The molecule has 4 bridgehead atoms. The molecule has 2 amide bonds. The van der Waals surface area contributed by atoms with Crippen LogP contribution >= 0.6 is 11.3 Å². The van der Waals surface area contributed by atoms with Crippen LogP contribution in [-0.2, 0) is 16.0 Å². The van der Waals surface area contributed by atoms with Crippen molar-refractivity contribution in [2.75, 3.05) is 6.54 Å². The summed E-state index contributed by atoms with van der Waals surface area (Å²) in [6.07, 6.45) is 7.92. The van der Waals surface area contributed by atoms with Crippen molar-refractivity contribution in [1.82, 2.24) is 10.6 Å².